The topological polar surface area (TPSA) is 28.5 Å². The molecule has 0 aromatic carbocycles. The zero-order chi connectivity index (χ0) is 14.1. The molecule has 1 aromatic heterocycles. The van der Waals surface area contributed by atoms with Gasteiger partial charge in [-0.15, -0.1) is 0 Å². The van der Waals surface area contributed by atoms with Crippen LogP contribution in [0, 0.1) is 0 Å². The highest BCUT2D eigenvalue weighted by Gasteiger charge is 2.35. The number of nitrogens with zero attached hydrogens (tertiary/aromatic N) is 3. The third-order valence-electron chi connectivity index (χ3n) is 4.58. The van der Waals surface area contributed by atoms with Gasteiger partial charge < -0.3 is 9.47 Å². The van der Waals surface area contributed by atoms with Crippen molar-refractivity contribution in [3.63, 3.8) is 0 Å². The maximum Gasteiger partial charge on any atom is 0.219 e. The van der Waals surface area contributed by atoms with Crippen molar-refractivity contribution in [1.82, 2.24) is 14.4 Å². The molecule has 0 spiro atoms. The fourth-order valence-corrected chi connectivity index (χ4v) is 3.35. The fraction of sp³-hybridized carbons (Fsp3) is 0.688. The average molecular weight is 275 g/mol. The Morgan fingerprint density at radius 2 is 2.20 bits per heavy atom. The Labute approximate surface area is 121 Å². The molecule has 0 N–H and O–H groups in total. The third kappa shape index (κ3) is 3.06. The Morgan fingerprint density at radius 3 is 2.80 bits per heavy atom. The summed E-state index contributed by atoms with van der Waals surface area (Å²) in [5.41, 5.74) is 1.38. The predicted molar refractivity (Wildman–Crippen MR) is 79.3 cm³/mol. The maximum absolute atomic E-state index is 11.8. The monoisotopic (exact) mass is 275 g/mol. The Bertz CT molecular complexity index is 478. The SMILES string of the molecule is CC(=O)N(CC1CCCN1Cc1ccn(C)c1)C1CC1. The van der Waals surface area contributed by atoms with Crippen LogP contribution >= 0.6 is 0 Å². The van der Waals surface area contributed by atoms with Gasteiger partial charge in [-0.3, -0.25) is 9.69 Å². The van der Waals surface area contributed by atoms with Crippen molar-refractivity contribution in [2.75, 3.05) is 13.1 Å². The molecule has 0 radical (unpaired) electrons. The van der Waals surface area contributed by atoms with Gasteiger partial charge in [-0.25, -0.2) is 0 Å². The quantitative estimate of drug-likeness (QED) is 0.822. The molecule has 1 atom stereocenters. The molecule has 2 aliphatic rings. The van der Waals surface area contributed by atoms with E-state index in [9.17, 15) is 4.79 Å². The van der Waals surface area contributed by atoms with E-state index in [2.05, 4.69) is 39.9 Å². The minimum Gasteiger partial charge on any atom is -0.357 e. The number of aryl methyl sites for hydroxylation is 1. The molecule has 2 fully saturated rings. The molecule has 1 saturated heterocycles. The molecule has 1 amide bonds. The number of hydrogen-bond acceptors (Lipinski definition) is 2. The second-order valence-electron chi connectivity index (χ2n) is 6.35. The Hall–Kier alpha value is -1.29. The van der Waals surface area contributed by atoms with Crippen LogP contribution in [0.5, 0.6) is 0 Å². The van der Waals surface area contributed by atoms with E-state index in [4.69, 9.17) is 0 Å². The minimum absolute atomic E-state index is 0.249. The van der Waals surface area contributed by atoms with E-state index >= 15 is 0 Å². The van der Waals surface area contributed by atoms with Gasteiger partial charge in [-0.05, 0) is 43.9 Å². The zero-order valence-electron chi connectivity index (χ0n) is 12.6. The van der Waals surface area contributed by atoms with Crippen molar-refractivity contribution in [1.29, 1.82) is 0 Å². The molecule has 4 nitrogen and oxygen atoms in total. The Morgan fingerprint density at radius 1 is 1.40 bits per heavy atom. The van der Waals surface area contributed by atoms with Crippen LogP contribution in [-0.4, -0.2) is 45.4 Å². The predicted octanol–water partition coefficient (Wildman–Crippen LogP) is 2.00. The molecule has 2 heterocycles. The van der Waals surface area contributed by atoms with Crippen LogP contribution in [0.4, 0.5) is 0 Å². The van der Waals surface area contributed by atoms with E-state index < -0.39 is 0 Å². The van der Waals surface area contributed by atoms with Crippen molar-refractivity contribution in [3.8, 4) is 0 Å². The molecule has 110 valence electrons. The molecular weight excluding hydrogens is 250 g/mol. The summed E-state index contributed by atoms with van der Waals surface area (Å²) < 4.78 is 2.10. The molecule has 1 aliphatic heterocycles. The van der Waals surface area contributed by atoms with Crippen LogP contribution < -0.4 is 0 Å². The van der Waals surface area contributed by atoms with E-state index in [0.29, 0.717) is 12.1 Å². The van der Waals surface area contributed by atoms with Gasteiger partial charge in [-0.1, -0.05) is 0 Å². The summed E-state index contributed by atoms with van der Waals surface area (Å²) in [5.74, 6) is 0.249. The number of amides is 1. The van der Waals surface area contributed by atoms with Gasteiger partial charge >= 0.3 is 0 Å². The van der Waals surface area contributed by atoms with Gasteiger partial charge in [0.25, 0.3) is 0 Å². The molecule has 1 saturated carbocycles. The lowest BCUT2D eigenvalue weighted by Crippen LogP contribution is -2.43. The molecule has 4 heteroatoms. The second kappa shape index (κ2) is 5.60. The van der Waals surface area contributed by atoms with Crippen LogP contribution in [0.25, 0.3) is 0 Å². The first-order valence-corrected chi connectivity index (χ1v) is 7.75. The minimum atomic E-state index is 0.249. The van der Waals surface area contributed by atoms with E-state index in [-0.39, 0.29) is 5.91 Å². The summed E-state index contributed by atoms with van der Waals surface area (Å²) in [6.07, 6.45) is 9.18. The number of hydrogen-bond donors (Lipinski definition) is 0. The normalized spacial score (nSPS) is 23.2. The lowest BCUT2D eigenvalue weighted by Gasteiger charge is -2.30. The zero-order valence-corrected chi connectivity index (χ0v) is 12.6. The molecule has 1 unspecified atom stereocenters. The van der Waals surface area contributed by atoms with Gasteiger partial charge in [0.1, 0.15) is 0 Å². The lowest BCUT2D eigenvalue weighted by atomic mass is 10.2. The highest BCUT2D eigenvalue weighted by molar-refractivity contribution is 5.74. The van der Waals surface area contributed by atoms with Crippen molar-refractivity contribution in [2.45, 2.75) is 51.2 Å². The van der Waals surface area contributed by atoms with Crippen LogP contribution in [0.15, 0.2) is 18.5 Å². The largest absolute Gasteiger partial charge is 0.357 e. The van der Waals surface area contributed by atoms with Gasteiger partial charge in [0.15, 0.2) is 0 Å². The smallest absolute Gasteiger partial charge is 0.219 e. The van der Waals surface area contributed by atoms with E-state index in [1.807, 2.05) is 0 Å². The molecule has 1 aromatic rings. The summed E-state index contributed by atoms with van der Waals surface area (Å²) in [7, 11) is 2.07. The van der Waals surface area contributed by atoms with E-state index in [1.54, 1.807) is 6.92 Å². The second-order valence-corrected chi connectivity index (χ2v) is 6.35. The molecule has 20 heavy (non-hydrogen) atoms. The first-order valence-electron chi connectivity index (χ1n) is 7.75. The maximum atomic E-state index is 11.8. The van der Waals surface area contributed by atoms with Gasteiger partial charge in [-0.2, -0.15) is 0 Å². The molecule has 3 rings (SSSR count). The van der Waals surface area contributed by atoms with Crippen molar-refractivity contribution in [3.05, 3.63) is 24.0 Å². The van der Waals surface area contributed by atoms with Crippen molar-refractivity contribution >= 4 is 5.91 Å². The summed E-state index contributed by atoms with van der Waals surface area (Å²) in [5, 5.41) is 0. The number of rotatable bonds is 5. The molecule has 0 bridgehead atoms. The number of carbonyl (C=O) groups excluding carboxylic acids is 1. The van der Waals surface area contributed by atoms with Crippen LogP contribution in [0.1, 0.15) is 38.2 Å². The Balaban J connectivity index is 1.61. The lowest BCUT2D eigenvalue weighted by molar-refractivity contribution is -0.130. The summed E-state index contributed by atoms with van der Waals surface area (Å²) >= 11 is 0. The standard InChI is InChI=1S/C16H25N3O/c1-13(20)19(15-5-6-15)12-16-4-3-8-18(16)11-14-7-9-17(2)10-14/h7,9-10,15-16H,3-6,8,11-12H2,1-2H3. The van der Waals surface area contributed by atoms with Crippen LogP contribution in [0.3, 0.4) is 0 Å². The Kier molecular flexibility index (Phi) is 3.83. The van der Waals surface area contributed by atoms with E-state index in [0.717, 1.165) is 19.6 Å². The third-order valence-corrected chi connectivity index (χ3v) is 4.58. The first-order chi connectivity index (χ1) is 9.63. The number of carbonyl (C=O) groups is 1. The number of likely N-dealkylation sites (tertiary alicyclic amines) is 1. The van der Waals surface area contributed by atoms with Gasteiger partial charge in [0.2, 0.25) is 5.91 Å². The summed E-state index contributed by atoms with van der Waals surface area (Å²) in [6.45, 7) is 4.82. The fourth-order valence-electron chi connectivity index (χ4n) is 3.35. The summed E-state index contributed by atoms with van der Waals surface area (Å²) in [6, 6.07) is 3.27. The van der Waals surface area contributed by atoms with Crippen molar-refractivity contribution in [2.24, 2.45) is 7.05 Å². The van der Waals surface area contributed by atoms with Gasteiger partial charge in [0.05, 0.1) is 0 Å². The highest BCUT2D eigenvalue weighted by Crippen LogP contribution is 2.29. The molecule has 1 aliphatic carbocycles. The van der Waals surface area contributed by atoms with Crippen molar-refractivity contribution < 1.29 is 4.79 Å². The first kappa shape index (κ1) is 13.7. The van der Waals surface area contributed by atoms with Crippen LogP contribution in [0.2, 0.25) is 0 Å². The van der Waals surface area contributed by atoms with E-state index in [1.165, 1.54) is 31.2 Å². The van der Waals surface area contributed by atoms with Gasteiger partial charge in [0, 0.05) is 51.5 Å². The highest BCUT2D eigenvalue weighted by atomic mass is 16.2. The summed E-state index contributed by atoms with van der Waals surface area (Å²) in [4.78, 5) is 16.4. The number of aromatic nitrogens is 1. The molecular formula is C16H25N3O. The van der Waals surface area contributed by atoms with Crippen LogP contribution in [-0.2, 0) is 18.4 Å². The average Bonchev–Trinajstić information content (AvgIpc) is 3.02.